The predicted molar refractivity (Wildman–Crippen MR) is 81.4 cm³/mol. The molecule has 1 saturated heterocycles. The van der Waals surface area contributed by atoms with Crippen molar-refractivity contribution in [2.45, 2.75) is 4.90 Å². The fourth-order valence-corrected chi connectivity index (χ4v) is 3.87. The van der Waals surface area contributed by atoms with Gasteiger partial charge in [-0.3, -0.25) is 4.90 Å². The minimum atomic E-state index is -3.38. The molecule has 5 nitrogen and oxygen atoms in total. The van der Waals surface area contributed by atoms with E-state index in [1.165, 1.54) is 4.31 Å². The lowest BCUT2D eigenvalue weighted by Gasteiger charge is -2.33. The third-order valence-electron chi connectivity index (χ3n) is 3.20. The van der Waals surface area contributed by atoms with Gasteiger partial charge in [-0.1, -0.05) is 0 Å². The molecule has 0 unspecified atom stereocenters. The number of aliphatic hydroxyl groups is 1. The molecule has 1 N–H and O–H groups in total. The van der Waals surface area contributed by atoms with Gasteiger partial charge in [0.2, 0.25) is 10.0 Å². The number of nitrogens with zero attached hydrogens (tertiary/aromatic N) is 2. The lowest BCUT2D eigenvalue weighted by Crippen LogP contribution is -2.49. The van der Waals surface area contributed by atoms with Crippen LogP contribution in [-0.2, 0) is 10.0 Å². The summed E-state index contributed by atoms with van der Waals surface area (Å²) in [5, 5.41) is 8.87. The highest BCUT2D eigenvalue weighted by Gasteiger charge is 2.27. The highest BCUT2D eigenvalue weighted by Crippen LogP contribution is 2.18. The Morgan fingerprint density at radius 2 is 1.68 bits per heavy atom. The molecule has 1 aromatic carbocycles. The van der Waals surface area contributed by atoms with E-state index in [1.54, 1.807) is 24.3 Å². The highest BCUT2D eigenvalue weighted by atomic mass is 127. The topological polar surface area (TPSA) is 60.9 Å². The van der Waals surface area contributed by atoms with Gasteiger partial charge in [0.05, 0.1) is 11.5 Å². The van der Waals surface area contributed by atoms with Gasteiger partial charge in [-0.2, -0.15) is 4.31 Å². The maximum absolute atomic E-state index is 12.4. The van der Waals surface area contributed by atoms with Crippen LogP contribution in [0.15, 0.2) is 29.2 Å². The lowest BCUT2D eigenvalue weighted by molar-refractivity contribution is 0.151. The van der Waals surface area contributed by atoms with Gasteiger partial charge >= 0.3 is 0 Å². The van der Waals surface area contributed by atoms with Crippen molar-refractivity contribution in [1.82, 2.24) is 9.21 Å². The van der Waals surface area contributed by atoms with E-state index in [0.29, 0.717) is 37.6 Å². The number of benzene rings is 1. The number of β-amino-alcohol motifs (C(OH)–C–C–N with tert-alkyl or cyclic N) is 1. The first kappa shape index (κ1) is 15.2. The van der Waals surface area contributed by atoms with E-state index in [2.05, 4.69) is 27.5 Å². The summed E-state index contributed by atoms with van der Waals surface area (Å²) in [6.45, 7) is 3.03. The Morgan fingerprint density at radius 3 is 2.21 bits per heavy atom. The van der Waals surface area contributed by atoms with Gasteiger partial charge in [-0.15, -0.1) is 0 Å². The zero-order valence-electron chi connectivity index (χ0n) is 10.5. The van der Waals surface area contributed by atoms with E-state index in [4.69, 9.17) is 5.11 Å². The molecule has 19 heavy (non-hydrogen) atoms. The summed E-state index contributed by atoms with van der Waals surface area (Å²) in [5.41, 5.74) is 0. The molecule has 0 atom stereocenters. The molecule has 0 spiro atoms. The van der Waals surface area contributed by atoms with E-state index < -0.39 is 10.0 Å². The van der Waals surface area contributed by atoms with Gasteiger partial charge in [0.15, 0.2) is 0 Å². The van der Waals surface area contributed by atoms with Crippen LogP contribution < -0.4 is 0 Å². The van der Waals surface area contributed by atoms with Crippen molar-refractivity contribution in [2.75, 3.05) is 39.3 Å². The summed E-state index contributed by atoms with van der Waals surface area (Å²) in [5.74, 6) is 0. The van der Waals surface area contributed by atoms with Gasteiger partial charge in [0.1, 0.15) is 0 Å². The molecule has 0 bridgehead atoms. The molecule has 1 aromatic rings. The summed E-state index contributed by atoms with van der Waals surface area (Å²) in [6.07, 6.45) is 0. The number of rotatable bonds is 4. The van der Waals surface area contributed by atoms with Crippen molar-refractivity contribution in [3.05, 3.63) is 27.8 Å². The maximum atomic E-state index is 12.4. The summed E-state index contributed by atoms with van der Waals surface area (Å²) >= 11 is 2.15. The Bertz CT molecular complexity index is 510. The minimum absolute atomic E-state index is 0.115. The summed E-state index contributed by atoms with van der Waals surface area (Å²) < 4.78 is 27.4. The number of hydrogen-bond donors (Lipinski definition) is 1. The number of hydrogen-bond acceptors (Lipinski definition) is 4. The normalized spacial score (nSPS) is 18.6. The molecule has 1 fully saturated rings. The van der Waals surface area contributed by atoms with Crippen LogP contribution in [0.5, 0.6) is 0 Å². The van der Waals surface area contributed by atoms with Gasteiger partial charge in [-0.25, -0.2) is 8.42 Å². The van der Waals surface area contributed by atoms with Crippen molar-refractivity contribution in [2.24, 2.45) is 0 Å². The molecular formula is C12H17IN2O3S. The van der Waals surface area contributed by atoms with Gasteiger partial charge in [0, 0.05) is 36.3 Å². The summed E-state index contributed by atoms with van der Waals surface area (Å²) in [6, 6.07) is 6.90. The van der Waals surface area contributed by atoms with Gasteiger partial charge < -0.3 is 5.11 Å². The summed E-state index contributed by atoms with van der Waals surface area (Å²) in [4.78, 5) is 2.42. The molecule has 2 rings (SSSR count). The molecule has 1 aliphatic rings. The van der Waals surface area contributed by atoms with Crippen LogP contribution in [-0.4, -0.2) is 62.1 Å². The average Bonchev–Trinajstić information content (AvgIpc) is 2.40. The molecular weight excluding hydrogens is 379 g/mol. The van der Waals surface area contributed by atoms with E-state index in [9.17, 15) is 8.42 Å². The maximum Gasteiger partial charge on any atom is 0.243 e. The van der Waals surface area contributed by atoms with Crippen LogP contribution >= 0.6 is 22.6 Å². The van der Waals surface area contributed by atoms with Crippen LogP contribution in [0.2, 0.25) is 0 Å². The predicted octanol–water partition coefficient (Wildman–Crippen LogP) is 0.590. The van der Waals surface area contributed by atoms with Gasteiger partial charge in [-0.05, 0) is 46.9 Å². The fraction of sp³-hybridized carbons (Fsp3) is 0.500. The zero-order chi connectivity index (χ0) is 13.9. The Labute approximate surface area is 127 Å². The highest BCUT2D eigenvalue weighted by molar-refractivity contribution is 14.1. The SMILES string of the molecule is O=S(=O)(c1ccc(I)cc1)N1CCN(CCO)CC1. The largest absolute Gasteiger partial charge is 0.395 e. The Morgan fingerprint density at radius 1 is 1.11 bits per heavy atom. The molecule has 0 radical (unpaired) electrons. The van der Waals surface area contributed by atoms with E-state index in [0.717, 1.165) is 3.57 Å². The van der Waals surface area contributed by atoms with Crippen LogP contribution in [0.4, 0.5) is 0 Å². The van der Waals surface area contributed by atoms with E-state index in [-0.39, 0.29) is 6.61 Å². The first-order valence-electron chi connectivity index (χ1n) is 6.13. The monoisotopic (exact) mass is 396 g/mol. The second-order valence-corrected chi connectivity index (χ2v) is 7.61. The number of piperazine rings is 1. The average molecular weight is 396 g/mol. The molecule has 0 aliphatic carbocycles. The second-order valence-electron chi connectivity index (χ2n) is 4.42. The van der Waals surface area contributed by atoms with Crippen molar-refractivity contribution in [3.8, 4) is 0 Å². The Balaban J connectivity index is 2.07. The first-order valence-corrected chi connectivity index (χ1v) is 8.65. The lowest BCUT2D eigenvalue weighted by atomic mass is 10.4. The van der Waals surface area contributed by atoms with Crippen molar-refractivity contribution < 1.29 is 13.5 Å². The van der Waals surface area contributed by atoms with Crippen molar-refractivity contribution in [3.63, 3.8) is 0 Å². The van der Waals surface area contributed by atoms with Crippen LogP contribution in [0.25, 0.3) is 0 Å². The molecule has 1 heterocycles. The number of aliphatic hydroxyl groups excluding tert-OH is 1. The molecule has 1 aliphatic heterocycles. The first-order chi connectivity index (χ1) is 9.04. The second kappa shape index (κ2) is 6.49. The minimum Gasteiger partial charge on any atom is -0.395 e. The third-order valence-corrected chi connectivity index (χ3v) is 5.83. The van der Waals surface area contributed by atoms with Crippen molar-refractivity contribution in [1.29, 1.82) is 0 Å². The van der Waals surface area contributed by atoms with E-state index >= 15 is 0 Å². The fourth-order valence-electron chi connectivity index (χ4n) is 2.09. The van der Waals surface area contributed by atoms with Crippen molar-refractivity contribution >= 4 is 32.6 Å². The molecule has 0 amide bonds. The molecule has 0 aromatic heterocycles. The zero-order valence-corrected chi connectivity index (χ0v) is 13.5. The Kier molecular flexibility index (Phi) is 5.18. The number of sulfonamides is 1. The third kappa shape index (κ3) is 3.66. The molecule has 7 heteroatoms. The van der Waals surface area contributed by atoms with Gasteiger partial charge in [0.25, 0.3) is 0 Å². The summed E-state index contributed by atoms with van der Waals surface area (Å²) in [7, 11) is -3.38. The number of halogens is 1. The van der Waals surface area contributed by atoms with Crippen LogP contribution in [0.3, 0.4) is 0 Å². The van der Waals surface area contributed by atoms with Crippen LogP contribution in [0.1, 0.15) is 0 Å². The van der Waals surface area contributed by atoms with Crippen LogP contribution in [0, 0.1) is 3.57 Å². The smallest absolute Gasteiger partial charge is 0.243 e. The standard InChI is InChI=1S/C12H17IN2O3S/c13-11-1-3-12(4-2-11)19(17,18)15-7-5-14(6-8-15)9-10-16/h1-4,16H,5-10H2. The van der Waals surface area contributed by atoms with E-state index in [1.807, 2.05) is 0 Å². The molecule has 106 valence electrons. The molecule has 0 saturated carbocycles. The Hall–Kier alpha value is -0.220. The quantitative estimate of drug-likeness (QED) is 0.758.